The van der Waals surface area contributed by atoms with Crippen LogP contribution in [0.3, 0.4) is 0 Å². The lowest BCUT2D eigenvalue weighted by atomic mass is 9.97. The van der Waals surface area contributed by atoms with Gasteiger partial charge in [0, 0.05) is 6.61 Å². The van der Waals surface area contributed by atoms with Crippen molar-refractivity contribution in [1.29, 1.82) is 0 Å². The van der Waals surface area contributed by atoms with Crippen LogP contribution in [0.4, 0.5) is 0 Å². The molecule has 0 spiro atoms. The van der Waals surface area contributed by atoms with E-state index in [0.717, 1.165) is 0 Å². The molecule has 0 heterocycles. The van der Waals surface area contributed by atoms with Crippen LogP contribution in [0.15, 0.2) is 30.3 Å². The van der Waals surface area contributed by atoms with E-state index in [1.165, 1.54) is 13.8 Å². The average molecular weight is 286 g/mol. The van der Waals surface area contributed by atoms with Crippen molar-refractivity contribution < 1.29 is 23.9 Å². The molecule has 1 rings (SSSR count). The summed E-state index contributed by atoms with van der Waals surface area (Å²) in [6.45, 7) is 4.49. The number of hydrogen-bond acceptors (Lipinski definition) is 3. The molecule has 0 aliphatic heterocycles. The van der Waals surface area contributed by atoms with Gasteiger partial charge < -0.3 is 14.5 Å². The van der Waals surface area contributed by atoms with Gasteiger partial charge in [0.1, 0.15) is 11.3 Å². The number of Topliss-reactive ketones (excluding diaryl/α,β-unsaturated/α-hetero) is 1. The Balaban J connectivity index is 3.15. The van der Waals surface area contributed by atoms with Crippen LogP contribution in [0.25, 0.3) is 0 Å². The van der Waals surface area contributed by atoms with Crippen molar-refractivity contribution in [3.8, 4) is 0 Å². The Morgan fingerprint density at radius 3 is 2.26 bits per heavy atom. The first kappa shape index (κ1) is 16.1. The smallest absolute Gasteiger partial charge is 0.338 e. The number of carbonyl (C=O) groups is 1. The molecule has 0 aliphatic rings. The van der Waals surface area contributed by atoms with Gasteiger partial charge in [-0.25, -0.2) is 0 Å². The zero-order valence-electron chi connectivity index (χ0n) is 11.2. The van der Waals surface area contributed by atoms with Gasteiger partial charge in [-0.3, -0.25) is 9.36 Å². The Bertz CT molecular complexity index is 477. The van der Waals surface area contributed by atoms with Gasteiger partial charge in [-0.2, -0.15) is 0 Å². The van der Waals surface area contributed by atoms with E-state index in [1.54, 1.807) is 37.3 Å². The monoisotopic (exact) mass is 286 g/mol. The third kappa shape index (κ3) is 3.51. The molecule has 0 saturated carbocycles. The second kappa shape index (κ2) is 5.97. The van der Waals surface area contributed by atoms with Crippen LogP contribution < -0.4 is 0 Å². The highest BCUT2D eigenvalue weighted by atomic mass is 31.2. The van der Waals surface area contributed by atoms with E-state index in [2.05, 4.69) is 0 Å². The highest BCUT2D eigenvalue weighted by molar-refractivity contribution is 7.54. The third-order valence-corrected chi connectivity index (χ3v) is 4.68. The predicted octanol–water partition coefficient (Wildman–Crippen LogP) is 2.29. The predicted molar refractivity (Wildman–Crippen MR) is 71.9 cm³/mol. The lowest BCUT2D eigenvalue weighted by Crippen LogP contribution is -2.37. The molecule has 0 bridgehead atoms. The standard InChI is InChI=1S/C13H19O5P/c1-4-18-11(10-8-6-5-7-9-10)12(14)13(2,3)19(15,16)17/h5-9,11H,4H2,1-3H3,(H2,15,16,17). The molecule has 1 aromatic carbocycles. The highest BCUT2D eigenvalue weighted by Gasteiger charge is 2.48. The molecule has 5 nitrogen and oxygen atoms in total. The summed E-state index contributed by atoms with van der Waals surface area (Å²) in [4.78, 5) is 31.0. The van der Waals surface area contributed by atoms with Gasteiger partial charge in [0.15, 0.2) is 5.78 Å². The molecular formula is C13H19O5P. The van der Waals surface area contributed by atoms with E-state index in [-0.39, 0.29) is 6.61 Å². The second-order valence-corrected chi connectivity index (χ2v) is 6.92. The maximum absolute atomic E-state index is 12.4. The summed E-state index contributed by atoms with van der Waals surface area (Å²) in [5.74, 6) is -0.617. The molecule has 0 amide bonds. The van der Waals surface area contributed by atoms with Crippen molar-refractivity contribution in [3.05, 3.63) is 35.9 Å². The normalized spacial score (nSPS) is 14.2. The van der Waals surface area contributed by atoms with E-state index in [0.29, 0.717) is 5.56 Å². The first-order chi connectivity index (χ1) is 8.71. The zero-order chi connectivity index (χ0) is 14.7. The van der Waals surface area contributed by atoms with Gasteiger partial charge in [0.05, 0.1) is 0 Å². The number of benzene rings is 1. The molecule has 106 valence electrons. The van der Waals surface area contributed by atoms with E-state index in [1.807, 2.05) is 0 Å². The van der Waals surface area contributed by atoms with Crippen molar-refractivity contribution >= 4 is 13.4 Å². The van der Waals surface area contributed by atoms with Gasteiger partial charge >= 0.3 is 7.60 Å². The van der Waals surface area contributed by atoms with Gasteiger partial charge in [-0.15, -0.1) is 0 Å². The summed E-state index contributed by atoms with van der Waals surface area (Å²) >= 11 is 0. The SMILES string of the molecule is CCOC(C(=O)C(C)(C)P(=O)(O)O)c1ccccc1. The average Bonchev–Trinajstić information content (AvgIpc) is 2.34. The molecule has 2 N–H and O–H groups in total. The first-order valence-corrected chi connectivity index (χ1v) is 7.59. The number of rotatable bonds is 6. The molecule has 0 aromatic heterocycles. The Morgan fingerprint density at radius 2 is 1.84 bits per heavy atom. The van der Waals surface area contributed by atoms with Crippen LogP contribution in [0, 0.1) is 0 Å². The summed E-state index contributed by atoms with van der Waals surface area (Å²) in [6.07, 6.45) is -0.964. The second-order valence-electron chi connectivity index (χ2n) is 4.71. The number of carbonyl (C=O) groups excluding carboxylic acids is 1. The molecule has 1 atom stereocenters. The first-order valence-electron chi connectivity index (χ1n) is 5.98. The number of ketones is 1. The van der Waals surface area contributed by atoms with E-state index >= 15 is 0 Å². The van der Waals surface area contributed by atoms with Crippen LogP contribution in [-0.2, 0) is 14.1 Å². The zero-order valence-corrected chi connectivity index (χ0v) is 12.1. The Morgan fingerprint density at radius 1 is 1.32 bits per heavy atom. The van der Waals surface area contributed by atoms with Crippen molar-refractivity contribution in [1.82, 2.24) is 0 Å². The summed E-state index contributed by atoms with van der Waals surface area (Å²) in [5, 5.41) is -1.78. The fraction of sp³-hybridized carbons (Fsp3) is 0.462. The number of ether oxygens (including phenoxy) is 1. The quantitative estimate of drug-likeness (QED) is 0.784. The topological polar surface area (TPSA) is 83.8 Å². The van der Waals surface area contributed by atoms with Crippen molar-refractivity contribution in [2.24, 2.45) is 0 Å². The maximum Gasteiger partial charge on any atom is 0.338 e. The maximum atomic E-state index is 12.4. The largest absolute Gasteiger partial charge is 0.366 e. The molecular weight excluding hydrogens is 267 g/mol. The molecule has 1 unspecified atom stereocenters. The van der Waals surface area contributed by atoms with Crippen LogP contribution >= 0.6 is 7.60 Å². The van der Waals surface area contributed by atoms with Gasteiger partial charge in [0.25, 0.3) is 0 Å². The van der Waals surface area contributed by atoms with Crippen LogP contribution in [0.1, 0.15) is 32.4 Å². The van der Waals surface area contributed by atoms with Crippen LogP contribution in [0.5, 0.6) is 0 Å². The molecule has 6 heteroatoms. The van der Waals surface area contributed by atoms with Crippen molar-refractivity contribution in [2.45, 2.75) is 32.0 Å². The lowest BCUT2D eigenvalue weighted by molar-refractivity contribution is -0.133. The van der Waals surface area contributed by atoms with Crippen molar-refractivity contribution in [3.63, 3.8) is 0 Å². The van der Waals surface area contributed by atoms with Crippen molar-refractivity contribution in [2.75, 3.05) is 6.61 Å². The summed E-state index contributed by atoms with van der Waals surface area (Å²) in [7, 11) is -4.55. The summed E-state index contributed by atoms with van der Waals surface area (Å²) in [6, 6.07) is 8.70. The van der Waals surface area contributed by atoms with E-state index in [4.69, 9.17) is 4.74 Å². The molecule has 0 saturated heterocycles. The van der Waals surface area contributed by atoms with Gasteiger partial charge in [-0.05, 0) is 26.3 Å². The fourth-order valence-corrected chi connectivity index (χ4v) is 1.99. The molecule has 0 aliphatic carbocycles. The lowest BCUT2D eigenvalue weighted by Gasteiger charge is -2.28. The molecule has 0 fully saturated rings. The van der Waals surface area contributed by atoms with E-state index in [9.17, 15) is 19.1 Å². The Labute approximate surface area is 112 Å². The summed E-state index contributed by atoms with van der Waals surface area (Å²) in [5.41, 5.74) is 0.593. The Kier molecular flexibility index (Phi) is 5.04. The minimum absolute atomic E-state index is 0.280. The Hall–Kier alpha value is -1.00. The summed E-state index contributed by atoms with van der Waals surface area (Å²) < 4.78 is 16.8. The van der Waals surface area contributed by atoms with Gasteiger partial charge in [-0.1, -0.05) is 30.3 Å². The fourth-order valence-electron chi connectivity index (χ4n) is 1.58. The molecule has 0 radical (unpaired) electrons. The minimum Gasteiger partial charge on any atom is -0.366 e. The van der Waals surface area contributed by atoms with Gasteiger partial charge in [0.2, 0.25) is 0 Å². The number of hydrogen-bond donors (Lipinski definition) is 2. The van der Waals surface area contributed by atoms with Crippen LogP contribution in [0.2, 0.25) is 0 Å². The minimum atomic E-state index is -4.55. The third-order valence-electron chi connectivity index (χ3n) is 3.00. The molecule has 1 aromatic rings. The molecule has 19 heavy (non-hydrogen) atoms. The van der Waals surface area contributed by atoms with Crippen LogP contribution in [-0.4, -0.2) is 27.3 Å². The van der Waals surface area contributed by atoms with E-state index < -0.39 is 24.6 Å². The highest BCUT2D eigenvalue weighted by Crippen LogP contribution is 2.52.